The van der Waals surface area contributed by atoms with Crippen molar-refractivity contribution in [2.24, 2.45) is 5.92 Å². The SMILES string of the molecule is COc1ccc(C(=O)N(Cc2cccc(OC[C@@H]3CCOC3)c2)Cc2ccccn2)cc1. The minimum Gasteiger partial charge on any atom is -0.497 e. The highest BCUT2D eigenvalue weighted by molar-refractivity contribution is 5.94. The average Bonchev–Trinajstić information content (AvgIpc) is 3.37. The number of carbonyl (C=O) groups excluding carboxylic acids is 1. The van der Waals surface area contributed by atoms with Crippen molar-refractivity contribution in [1.82, 2.24) is 9.88 Å². The maximum atomic E-state index is 13.4. The van der Waals surface area contributed by atoms with Crippen molar-refractivity contribution in [3.63, 3.8) is 0 Å². The van der Waals surface area contributed by atoms with Crippen LogP contribution < -0.4 is 9.47 Å². The van der Waals surface area contributed by atoms with Crippen LogP contribution in [0.3, 0.4) is 0 Å². The molecule has 1 aliphatic rings. The summed E-state index contributed by atoms with van der Waals surface area (Å²) >= 11 is 0. The van der Waals surface area contributed by atoms with E-state index in [1.807, 2.05) is 42.5 Å². The van der Waals surface area contributed by atoms with Crippen LogP contribution in [0.1, 0.15) is 28.0 Å². The Balaban J connectivity index is 1.50. The predicted molar refractivity (Wildman–Crippen MR) is 122 cm³/mol. The Morgan fingerprint density at radius 1 is 1.06 bits per heavy atom. The van der Waals surface area contributed by atoms with Gasteiger partial charge < -0.3 is 19.1 Å². The van der Waals surface area contributed by atoms with Gasteiger partial charge in [-0.25, -0.2) is 0 Å². The lowest BCUT2D eigenvalue weighted by Crippen LogP contribution is -2.30. The minimum atomic E-state index is -0.0623. The number of pyridine rings is 1. The summed E-state index contributed by atoms with van der Waals surface area (Å²) in [6.07, 6.45) is 2.78. The molecule has 0 bridgehead atoms. The lowest BCUT2D eigenvalue weighted by atomic mass is 10.1. The second-order valence-electron chi connectivity index (χ2n) is 7.90. The molecule has 32 heavy (non-hydrogen) atoms. The molecule has 0 saturated carbocycles. The van der Waals surface area contributed by atoms with Gasteiger partial charge in [0.05, 0.1) is 32.6 Å². The first-order valence-corrected chi connectivity index (χ1v) is 10.8. The predicted octanol–water partition coefficient (Wildman–Crippen LogP) is 4.35. The average molecular weight is 433 g/mol. The van der Waals surface area contributed by atoms with E-state index in [1.165, 1.54) is 0 Å². The number of ether oxygens (including phenoxy) is 3. The van der Waals surface area contributed by atoms with Crippen molar-refractivity contribution in [2.75, 3.05) is 26.9 Å². The summed E-state index contributed by atoms with van der Waals surface area (Å²) in [5.74, 6) is 1.91. The molecule has 0 radical (unpaired) electrons. The maximum Gasteiger partial charge on any atom is 0.254 e. The van der Waals surface area contributed by atoms with E-state index in [-0.39, 0.29) is 5.91 Å². The molecule has 0 N–H and O–H groups in total. The molecule has 6 heteroatoms. The molecule has 1 atom stereocenters. The van der Waals surface area contributed by atoms with Gasteiger partial charge in [0.25, 0.3) is 5.91 Å². The number of nitrogens with zero attached hydrogens (tertiary/aromatic N) is 2. The summed E-state index contributed by atoms with van der Waals surface area (Å²) < 4.78 is 16.6. The van der Waals surface area contributed by atoms with E-state index >= 15 is 0 Å². The number of hydrogen-bond acceptors (Lipinski definition) is 5. The number of amides is 1. The molecule has 2 aromatic carbocycles. The smallest absolute Gasteiger partial charge is 0.254 e. The zero-order valence-corrected chi connectivity index (χ0v) is 18.3. The third-order valence-electron chi connectivity index (χ3n) is 5.48. The molecule has 166 valence electrons. The number of rotatable bonds is 9. The molecular formula is C26H28N2O4. The van der Waals surface area contributed by atoms with Gasteiger partial charge in [0, 0.05) is 30.8 Å². The molecule has 2 heterocycles. The highest BCUT2D eigenvalue weighted by Crippen LogP contribution is 2.21. The molecule has 0 aliphatic carbocycles. The van der Waals surface area contributed by atoms with Crippen LogP contribution in [-0.4, -0.2) is 42.7 Å². The van der Waals surface area contributed by atoms with Crippen LogP contribution in [0.5, 0.6) is 11.5 Å². The van der Waals surface area contributed by atoms with Crippen LogP contribution >= 0.6 is 0 Å². The zero-order valence-electron chi connectivity index (χ0n) is 18.3. The Morgan fingerprint density at radius 3 is 2.66 bits per heavy atom. The van der Waals surface area contributed by atoms with Crippen LogP contribution in [-0.2, 0) is 17.8 Å². The molecule has 1 fully saturated rings. The summed E-state index contributed by atoms with van der Waals surface area (Å²) in [7, 11) is 1.61. The van der Waals surface area contributed by atoms with Crippen LogP contribution in [0.2, 0.25) is 0 Å². The second-order valence-corrected chi connectivity index (χ2v) is 7.90. The van der Waals surface area contributed by atoms with E-state index in [1.54, 1.807) is 42.5 Å². The standard InChI is InChI=1S/C26H28N2O4/c1-30-24-10-8-22(9-11-24)26(29)28(17-23-6-2-3-13-27-23)16-20-5-4-7-25(15-20)32-19-21-12-14-31-18-21/h2-11,13,15,21H,12,14,16-19H2,1H3/t21-/m1/s1. The number of aromatic nitrogens is 1. The van der Waals surface area contributed by atoms with Crippen molar-refractivity contribution in [3.8, 4) is 11.5 Å². The van der Waals surface area contributed by atoms with E-state index in [2.05, 4.69) is 4.98 Å². The van der Waals surface area contributed by atoms with E-state index in [0.29, 0.717) is 31.2 Å². The molecule has 1 saturated heterocycles. The Hall–Kier alpha value is -3.38. The van der Waals surface area contributed by atoms with Gasteiger partial charge in [-0.05, 0) is 60.5 Å². The minimum absolute atomic E-state index is 0.0623. The van der Waals surface area contributed by atoms with Crippen molar-refractivity contribution < 1.29 is 19.0 Å². The van der Waals surface area contributed by atoms with E-state index < -0.39 is 0 Å². The van der Waals surface area contributed by atoms with Crippen molar-refractivity contribution >= 4 is 5.91 Å². The molecule has 4 rings (SSSR count). The molecule has 1 amide bonds. The summed E-state index contributed by atoms with van der Waals surface area (Å²) in [6, 6.07) is 20.8. The zero-order chi connectivity index (χ0) is 22.2. The molecule has 1 aromatic heterocycles. The van der Waals surface area contributed by atoms with Gasteiger partial charge in [-0.3, -0.25) is 9.78 Å². The van der Waals surface area contributed by atoms with Gasteiger partial charge in [-0.1, -0.05) is 18.2 Å². The first kappa shape index (κ1) is 21.8. The number of hydrogen-bond donors (Lipinski definition) is 0. The first-order chi connectivity index (χ1) is 15.7. The maximum absolute atomic E-state index is 13.4. The van der Waals surface area contributed by atoms with Gasteiger partial charge in [-0.15, -0.1) is 0 Å². The monoisotopic (exact) mass is 432 g/mol. The van der Waals surface area contributed by atoms with Crippen LogP contribution in [0.15, 0.2) is 72.9 Å². The third kappa shape index (κ3) is 5.86. The van der Waals surface area contributed by atoms with Crippen LogP contribution in [0.25, 0.3) is 0 Å². The van der Waals surface area contributed by atoms with Crippen LogP contribution in [0, 0.1) is 5.92 Å². The van der Waals surface area contributed by atoms with Gasteiger partial charge in [0.1, 0.15) is 11.5 Å². The van der Waals surface area contributed by atoms with Crippen molar-refractivity contribution in [1.29, 1.82) is 0 Å². The summed E-state index contributed by atoms with van der Waals surface area (Å²) in [6.45, 7) is 3.07. The largest absolute Gasteiger partial charge is 0.497 e. The Morgan fingerprint density at radius 2 is 1.94 bits per heavy atom. The van der Waals surface area contributed by atoms with Crippen LogP contribution in [0.4, 0.5) is 0 Å². The molecule has 1 aliphatic heterocycles. The van der Waals surface area contributed by atoms with Gasteiger partial charge >= 0.3 is 0 Å². The first-order valence-electron chi connectivity index (χ1n) is 10.8. The van der Waals surface area contributed by atoms with Crippen molar-refractivity contribution in [2.45, 2.75) is 19.5 Å². The van der Waals surface area contributed by atoms with E-state index in [4.69, 9.17) is 14.2 Å². The lowest BCUT2D eigenvalue weighted by molar-refractivity contribution is 0.0727. The van der Waals surface area contributed by atoms with E-state index in [9.17, 15) is 4.79 Å². The Labute approximate surface area is 188 Å². The highest BCUT2D eigenvalue weighted by atomic mass is 16.5. The second kappa shape index (κ2) is 10.8. The topological polar surface area (TPSA) is 60.9 Å². The van der Waals surface area contributed by atoms with Crippen molar-refractivity contribution in [3.05, 3.63) is 89.7 Å². The lowest BCUT2D eigenvalue weighted by Gasteiger charge is -2.23. The van der Waals surface area contributed by atoms with Gasteiger partial charge in [0.15, 0.2) is 0 Å². The fraction of sp³-hybridized carbons (Fsp3) is 0.308. The number of methoxy groups -OCH3 is 1. The molecule has 0 spiro atoms. The fourth-order valence-corrected chi connectivity index (χ4v) is 3.69. The number of carbonyl (C=O) groups is 1. The molecule has 0 unspecified atom stereocenters. The van der Waals surface area contributed by atoms with Gasteiger partial charge in [-0.2, -0.15) is 0 Å². The Kier molecular flexibility index (Phi) is 7.35. The molecule has 3 aromatic rings. The summed E-state index contributed by atoms with van der Waals surface area (Å²) in [4.78, 5) is 19.6. The van der Waals surface area contributed by atoms with E-state index in [0.717, 1.165) is 42.4 Å². The Bertz CT molecular complexity index is 1000. The quantitative estimate of drug-likeness (QED) is 0.503. The number of benzene rings is 2. The normalized spacial score (nSPS) is 15.3. The fourth-order valence-electron chi connectivity index (χ4n) is 3.69. The molecular weight excluding hydrogens is 404 g/mol. The third-order valence-corrected chi connectivity index (χ3v) is 5.48. The summed E-state index contributed by atoms with van der Waals surface area (Å²) in [5.41, 5.74) is 2.45. The molecule has 6 nitrogen and oxygen atoms in total. The summed E-state index contributed by atoms with van der Waals surface area (Å²) in [5, 5.41) is 0. The van der Waals surface area contributed by atoms with Gasteiger partial charge in [0.2, 0.25) is 0 Å². The highest BCUT2D eigenvalue weighted by Gasteiger charge is 2.19.